The van der Waals surface area contributed by atoms with Gasteiger partial charge >= 0.3 is 0 Å². The van der Waals surface area contributed by atoms with Crippen molar-refractivity contribution in [3.8, 4) is 0 Å². The molecular formula is C19H19NO4S. The van der Waals surface area contributed by atoms with Gasteiger partial charge in [-0.05, 0) is 63.1 Å². The number of anilines is 1. The Bertz CT molecular complexity index is 924. The van der Waals surface area contributed by atoms with Crippen molar-refractivity contribution < 1.29 is 18.0 Å². The highest BCUT2D eigenvalue weighted by Crippen LogP contribution is 2.47. The van der Waals surface area contributed by atoms with E-state index in [1.165, 1.54) is 6.92 Å². The number of carbonyl (C=O) groups excluding carboxylic acids is 2. The highest BCUT2D eigenvalue weighted by atomic mass is 32.2. The quantitative estimate of drug-likeness (QED) is 0.834. The summed E-state index contributed by atoms with van der Waals surface area (Å²) in [7, 11) is -3.75. The number of amides is 1. The fourth-order valence-corrected chi connectivity index (χ4v) is 4.59. The molecule has 0 bridgehead atoms. The van der Waals surface area contributed by atoms with Gasteiger partial charge in [0.05, 0.1) is 4.90 Å². The number of rotatable bonds is 5. The topological polar surface area (TPSA) is 80.3 Å². The van der Waals surface area contributed by atoms with Crippen molar-refractivity contribution in [2.45, 2.75) is 36.3 Å². The lowest BCUT2D eigenvalue weighted by Crippen LogP contribution is -2.37. The summed E-state index contributed by atoms with van der Waals surface area (Å²) in [5, 5.41) is 2.67. The minimum atomic E-state index is -3.75. The Balaban J connectivity index is 1.83. The van der Waals surface area contributed by atoms with Gasteiger partial charge in [-0.15, -0.1) is 0 Å². The van der Waals surface area contributed by atoms with Crippen molar-refractivity contribution in [3.63, 3.8) is 0 Å². The van der Waals surface area contributed by atoms with E-state index in [9.17, 15) is 18.0 Å². The molecule has 1 saturated carbocycles. The van der Waals surface area contributed by atoms with Gasteiger partial charge in [-0.2, -0.15) is 0 Å². The van der Waals surface area contributed by atoms with Crippen LogP contribution in [-0.2, 0) is 14.6 Å². The van der Waals surface area contributed by atoms with Crippen LogP contribution in [0.2, 0.25) is 0 Å². The van der Waals surface area contributed by atoms with Crippen LogP contribution in [0.4, 0.5) is 5.69 Å². The molecule has 0 aliphatic heterocycles. The van der Waals surface area contributed by atoms with E-state index in [1.54, 1.807) is 48.5 Å². The van der Waals surface area contributed by atoms with Gasteiger partial charge in [0.2, 0.25) is 5.91 Å². The van der Waals surface area contributed by atoms with Crippen molar-refractivity contribution in [2.75, 3.05) is 5.32 Å². The molecule has 1 aliphatic rings. The van der Waals surface area contributed by atoms with Crippen LogP contribution in [0.3, 0.4) is 0 Å². The maximum Gasteiger partial charge on any atom is 0.246 e. The fraction of sp³-hybridized carbons (Fsp3) is 0.263. The molecule has 1 N–H and O–H groups in total. The van der Waals surface area contributed by atoms with E-state index in [1.807, 2.05) is 6.92 Å². The largest absolute Gasteiger partial charge is 0.325 e. The van der Waals surface area contributed by atoms with Crippen LogP contribution in [0.15, 0.2) is 53.4 Å². The first-order chi connectivity index (χ1) is 11.8. The molecule has 0 saturated heterocycles. The van der Waals surface area contributed by atoms with E-state index in [0.717, 1.165) is 5.56 Å². The average molecular weight is 357 g/mol. The van der Waals surface area contributed by atoms with Crippen LogP contribution < -0.4 is 5.32 Å². The second kappa shape index (κ2) is 6.11. The Morgan fingerprint density at radius 3 is 2.00 bits per heavy atom. The fourth-order valence-electron chi connectivity index (χ4n) is 2.71. The highest BCUT2D eigenvalue weighted by Gasteiger charge is 2.61. The van der Waals surface area contributed by atoms with Crippen molar-refractivity contribution in [1.82, 2.24) is 0 Å². The molecule has 25 heavy (non-hydrogen) atoms. The molecular weight excluding hydrogens is 338 g/mol. The minimum Gasteiger partial charge on any atom is -0.325 e. The highest BCUT2D eigenvalue weighted by molar-refractivity contribution is 7.94. The second-order valence-electron chi connectivity index (χ2n) is 6.40. The summed E-state index contributed by atoms with van der Waals surface area (Å²) in [4.78, 5) is 24.1. The third kappa shape index (κ3) is 3.09. The van der Waals surface area contributed by atoms with E-state index in [-0.39, 0.29) is 10.7 Å². The van der Waals surface area contributed by atoms with Crippen molar-refractivity contribution in [3.05, 3.63) is 59.7 Å². The van der Waals surface area contributed by atoms with Crippen LogP contribution in [0.5, 0.6) is 0 Å². The molecule has 0 unspecified atom stereocenters. The summed E-state index contributed by atoms with van der Waals surface area (Å²) >= 11 is 0. The molecule has 0 aromatic heterocycles. The zero-order valence-electron chi connectivity index (χ0n) is 14.1. The first kappa shape index (κ1) is 17.4. The van der Waals surface area contributed by atoms with Gasteiger partial charge in [0.15, 0.2) is 20.4 Å². The second-order valence-corrected chi connectivity index (χ2v) is 8.66. The van der Waals surface area contributed by atoms with Crippen LogP contribution in [0.1, 0.15) is 35.7 Å². The molecule has 0 heterocycles. The molecule has 130 valence electrons. The molecule has 0 atom stereocenters. The van der Waals surface area contributed by atoms with Gasteiger partial charge in [0.25, 0.3) is 0 Å². The zero-order valence-corrected chi connectivity index (χ0v) is 14.9. The number of benzene rings is 2. The van der Waals surface area contributed by atoms with Crippen LogP contribution in [0.25, 0.3) is 0 Å². The summed E-state index contributed by atoms with van der Waals surface area (Å²) in [6.07, 6.45) is 0.612. The number of carbonyl (C=O) groups is 2. The number of hydrogen-bond donors (Lipinski definition) is 1. The van der Waals surface area contributed by atoms with Gasteiger partial charge in [-0.3, -0.25) is 9.59 Å². The smallest absolute Gasteiger partial charge is 0.246 e. The Labute approximate surface area is 147 Å². The molecule has 2 aromatic rings. The van der Waals surface area contributed by atoms with E-state index < -0.39 is 20.5 Å². The van der Waals surface area contributed by atoms with E-state index >= 15 is 0 Å². The van der Waals surface area contributed by atoms with E-state index in [4.69, 9.17) is 0 Å². The van der Waals surface area contributed by atoms with Crippen molar-refractivity contribution in [1.29, 1.82) is 0 Å². The summed E-state index contributed by atoms with van der Waals surface area (Å²) in [5.41, 5.74) is 1.96. The van der Waals surface area contributed by atoms with Gasteiger partial charge in [0.1, 0.15) is 0 Å². The molecule has 2 aromatic carbocycles. The van der Waals surface area contributed by atoms with Crippen molar-refractivity contribution in [2.24, 2.45) is 0 Å². The third-order valence-corrected chi connectivity index (χ3v) is 7.03. The summed E-state index contributed by atoms with van der Waals surface area (Å²) in [6, 6.07) is 12.9. The zero-order chi connectivity index (χ0) is 18.2. The van der Waals surface area contributed by atoms with E-state index in [2.05, 4.69) is 5.32 Å². The van der Waals surface area contributed by atoms with Crippen LogP contribution in [-0.4, -0.2) is 24.9 Å². The maximum absolute atomic E-state index is 12.9. The Morgan fingerprint density at radius 2 is 1.52 bits per heavy atom. The summed E-state index contributed by atoms with van der Waals surface area (Å²) < 4.78 is 24.4. The minimum absolute atomic E-state index is 0.0708. The molecule has 0 spiro atoms. The number of hydrogen-bond acceptors (Lipinski definition) is 4. The lowest BCUT2D eigenvalue weighted by molar-refractivity contribution is -0.116. The molecule has 1 aliphatic carbocycles. The lowest BCUT2D eigenvalue weighted by Gasteiger charge is -2.16. The first-order valence-electron chi connectivity index (χ1n) is 8.00. The van der Waals surface area contributed by atoms with Crippen LogP contribution >= 0.6 is 0 Å². The lowest BCUT2D eigenvalue weighted by atomic mass is 10.1. The summed E-state index contributed by atoms with van der Waals surface area (Å²) in [5.74, 6) is -0.595. The molecule has 6 heteroatoms. The molecule has 1 amide bonds. The average Bonchev–Trinajstić information content (AvgIpc) is 3.38. The number of aryl methyl sites for hydroxylation is 1. The third-order valence-electron chi connectivity index (χ3n) is 4.51. The number of ketones is 1. The number of sulfone groups is 1. The predicted octanol–water partition coefficient (Wildman–Crippen LogP) is 3.14. The molecule has 3 rings (SSSR count). The Morgan fingerprint density at radius 1 is 0.960 bits per heavy atom. The van der Waals surface area contributed by atoms with Crippen LogP contribution in [0, 0.1) is 6.92 Å². The van der Waals surface area contributed by atoms with Gasteiger partial charge in [-0.25, -0.2) is 8.42 Å². The SMILES string of the molecule is CC(=O)c1ccc(NC(=O)C2(S(=O)(=O)c3ccc(C)cc3)CC2)cc1. The number of Topliss-reactive ketones (excluding diaryl/α,β-unsaturated/α-hetero) is 1. The van der Waals surface area contributed by atoms with Crippen molar-refractivity contribution >= 4 is 27.2 Å². The maximum atomic E-state index is 12.9. The summed E-state index contributed by atoms with van der Waals surface area (Å²) in [6.45, 7) is 3.33. The van der Waals surface area contributed by atoms with Gasteiger partial charge in [-0.1, -0.05) is 17.7 Å². The van der Waals surface area contributed by atoms with Gasteiger partial charge < -0.3 is 5.32 Å². The molecule has 1 fully saturated rings. The molecule has 0 radical (unpaired) electrons. The monoisotopic (exact) mass is 357 g/mol. The van der Waals surface area contributed by atoms with Gasteiger partial charge in [0, 0.05) is 11.3 Å². The Kier molecular flexibility index (Phi) is 4.24. The standard InChI is InChI=1S/C19H19NO4S/c1-13-3-9-17(10-4-13)25(23,24)19(11-12-19)18(22)20-16-7-5-15(6-8-16)14(2)21/h3-10H,11-12H2,1-2H3,(H,20,22). The predicted molar refractivity (Wildman–Crippen MR) is 95.4 cm³/mol. The first-order valence-corrected chi connectivity index (χ1v) is 9.48. The molecule has 5 nitrogen and oxygen atoms in total. The van der Waals surface area contributed by atoms with E-state index in [0.29, 0.717) is 24.1 Å². The number of nitrogens with one attached hydrogen (secondary N) is 1. The normalized spacial score (nSPS) is 15.4. The Hall–Kier alpha value is -2.47.